The molecule has 152 valence electrons. The molecular formula is C21H20N6OS2. The number of allylic oxidation sites excluding steroid dienone is 1. The normalized spacial score (nSPS) is 11.0. The second kappa shape index (κ2) is 8.29. The van der Waals surface area contributed by atoms with Crippen LogP contribution < -0.4 is 5.32 Å². The molecule has 1 aromatic carbocycles. The maximum atomic E-state index is 12.8. The second-order valence-corrected chi connectivity index (χ2v) is 8.18. The predicted molar refractivity (Wildman–Crippen MR) is 122 cm³/mol. The number of aromatic nitrogens is 5. The van der Waals surface area contributed by atoms with Crippen LogP contribution in [0.15, 0.2) is 42.3 Å². The third kappa shape index (κ3) is 4.07. The number of benzene rings is 1. The molecule has 0 aliphatic rings. The lowest BCUT2D eigenvalue weighted by molar-refractivity contribution is 0.102. The first-order valence-corrected chi connectivity index (χ1v) is 10.6. The maximum Gasteiger partial charge on any atom is 0.259 e. The molecule has 0 unspecified atom stereocenters. The zero-order chi connectivity index (χ0) is 21.3. The number of rotatable bonds is 6. The number of carbonyl (C=O) groups is 1. The standard InChI is InChI=1S/C21H20N6OS2/c1-4-7-27-18(25-26-21(27)29)10-15-11-30-20(23-15)24-19(28)16-9-14-8-12(2)5-6-17(14)22-13(16)3/h4-6,8-9,11H,1,7,10H2,2-3H3,(H,26,29)(H,23,24,28). The third-order valence-electron chi connectivity index (χ3n) is 4.67. The highest BCUT2D eigenvalue weighted by molar-refractivity contribution is 7.71. The smallest absolute Gasteiger partial charge is 0.259 e. The third-order valence-corrected chi connectivity index (χ3v) is 5.78. The van der Waals surface area contributed by atoms with Gasteiger partial charge in [-0.15, -0.1) is 17.9 Å². The topological polar surface area (TPSA) is 88.5 Å². The Morgan fingerprint density at radius 3 is 2.97 bits per heavy atom. The number of carbonyl (C=O) groups excluding carboxylic acids is 1. The summed E-state index contributed by atoms with van der Waals surface area (Å²) in [6.07, 6.45) is 2.27. The minimum absolute atomic E-state index is 0.223. The summed E-state index contributed by atoms with van der Waals surface area (Å²) < 4.78 is 2.41. The molecule has 0 atom stereocenters. The number of anilines is 1. The van der Waals surface area contributed by atoms with Gasteiger partial charge in [0, 0.05) is 17.3 Å². The highest BCUT2D eigenvalue weighted by Gasteiger charge is 2.15. The number of amides is 1. The zero-order valence-corrected chi connectivity index (χ0v) is 18.2. The monoisotopic (exact) mass is 436 g/mol. The van der Waals surface area contributed by atoms with Crippen molar-refractivity contribution in [1.29, 1.82) is 0 Å². The highest BCUT2D eigenvalue weighted by Crippen LogP contribution is 2.22. The van der Waals surface area contributed by atoms with Gasteiger partial charge in [0.15, 0.2) is 9.90 Å². The van der Waals surface area contributed by atoms with E-state index in [4.69, 9.17) is 12.2 Å². The molecule has 0 radical (unpaired) electrons. The molecule has 7 nitrogen and oxygen atoms in total. The van der Waals surface area contributed by atoms with Crippen LogP contribution in [0.3, 0.4) is 0 Å². The van der Waals surface area contributed by atoms with E-state index in [1.807, 2.05) is 48.1 Å². The Labute approximate surface area is 182 Å². The molecule has 9 heteroatoms. The first-order chi connectivity index (χ1) is 14.4. The molecule has 0 saturated carbocycles. The molecule has 3 aromatic heterocycles. The molecule has 4 rings (SSSR count). The van der Waals surface area contributed by atoms with Crippen molar-refractivity contribution in [1.82, 2.24) is 24.7 Å². The van der Waals surface area contributed by atoms with E-state index in [0.29, 0.717) is 34.1 Å². The van der Waals surface area contributed by atoms with Gasteiger partial charge in [0.05, 0.1) is 28.9 Å². The Balaban J connectivity index is 1.53. The molecule has 0 spiro atoms. The van der Waals surface area contributed by atoms with Crippen molar-refractivity contribution >= 4 is 45.5 Å². The number of pyridine rings is 1. The van der Waals surface area contributed by atoms with Crippen molar-refractivity contribution in [3.63, 3.8) is 0 Å². The average Bonchev–Trinajstić information content (AvgIpc) is 3.29. The summed E-state index contributed by atoms with van der Waals surface area (Å²) >= 11 is 6.61. The van der Waals surface area contributed by atoms with E-state index in [2.05, 4.69) is 32.1 Å². The maximum absolute atomic E-state index is 12.8. The molecular weight excluding hydrogens is 416 g/mol. The second-order valence-electron chi connectivity index (χ2n) is 6.94. The van der Waals surface area contributed by atoms with Crippen LogP contribution in [0, 0.1) is 18.6 Å². The molecule has 0 fully saturated rings. The zero-order valence-electron chi connectivity index (χ0n) is 16.6. The van der Waals surface area contributed by atoms with Crippen molar-refractivity contribution < 1.29 is 4.79 Å². The molecule has 0 aliphatic heterocycles. The highest BCUT2D eigenvalue weighted by atomic mass is 32.1. The molecule has 3 heterocycles. The minimum Gasteiger partial charge on any atom is -0.300 e. The number of aryl methyl sites for hydroxylation is 2. The van der Waals surface area contributed by atoms with E-state index in [-0.39, 0.29) is 5.91 Å². The van der Waals surface area contributed by atoms with E-state index >= 15 is 0 Å². The number of hydrogen-bond acceptors (Lipinski definition) is 6. The predicted octanol–water partition coefficient (Wildman–Crippen LogP) is 4.59. The summed E-state index contributed by atoms with van der Waals surface area (Å²) in [4.78, 5) is 21.9. The quantitative estimate of drug-likeness (QED) is 0.341. The van der Waals surface area contributed by atoms with Crippen LogP contribution in [0.25, 0.3) is 10.9 Å². The van der Waals surface area contributed by atoms with Gasteiger partial charge in [0.25, 0.3) is 5.91 Å². The Kier molecular flexibility index (Phi) is 5.56. The van der Waals surface area contributed by atoms with Crippen molar-refractivity contribution in [2.45, 2.75) is 26.8 Å². The number of nitrogens with one attached hydrogen (secondary N) is 2. The average molecular weight is 437 g/mol. The van der Waals surface area contributed by atoms with E-state index in [9.17, 15) is 4.79 Å². The summed E-state index contributed by atoms with van der Waals surface area (Å²) in [5.74, 6) is 0.548. The summed E-state index contributed by atoms with van der Waals surface area (Å²) in [5.41, 5.74) is 4.02. The summed E-state index contributed by atoms with van der Waals surface area (Å²) in [6, 6.07) is 7.88. The van der Waals surface area contributed by atoms with E-state index < -0.39 is 0 Å². The van der Waals surface area contributed by atoms with Gasteiger partial charge in [-0.25, -0.2) is 4.98 Å². The van der Waals surface area contributed by atoms with Crippen LogP contribution in [0.1, 0.15) is 33.1 Å². The van der Waals surface area contributed by atoms with Crippen LogP contribution in [0.5, 0.6) is 0 Å². The SMILES string of the molecule is C=CCn1c(Cc2csc(NC(=O)c3cc4cc(C)ccc4nc3C)n2)n[nH]c1=S. The Morgan fingerprint density at radius 2 is 2.17 bits per heavy atom. The summed E-state index contributed by atoms with van der Waals surface area (Å²) in [5, 5.41) is 13.3. The minimum atomic E-state index is -0.223. The molecule has 30 heavy (non-hydrogen) atoms. The first-order valence-electron chi connectivity index (χ1n) is 9.33. The van der Waals surface area contributed by atoms with Crippen molar-refractivity contribution in [2.24, 2.45) is 0 Å². The van der Waals surface area contributed by atoms with Crippen molar-refractivity contribution in [3.8, 4) is 0 Å². The Morgan fingerprint density at radius 1 is 1.33 bits per heavy atom. The molecule has 0 bridgehead atoms. The number of aromatic amines is 1. The first kappa shape index (κ1) is 20.1. The van der Waals surface area contributed by atoms with E-state index in [1.54, 1.807) is 6.08 Å². The molecule has 0 aliphatic carbocycles. The number of nitrogens with zero attached hydrogens (tertiary/aromatic N) is 4. The van der Waals surface area contributed by atoms with Crippen LogP contribution in [-0.4, -0.2) is 30.6 Å². The van der Waals surface area contributed by atoms with Gasteiger partial charge in [0.2, 0.25) is 0 Å². The van der Waals surface area contributed by atoms with Crippen LogP contribution in [0.4, 0.5) is 5.13 Å². The van der Waals surface area contributed by atoms with Gasteiger partial charge in [-0.2, -0.15) is 5.10 Å². The van der Waals surface area contributed by atoms with Gasteiger partial charge < -0.3 is 0 Å². The fourth-order valence-corrected chi connectivity index (χ4v) is 4.13. The Bertz CT molecular complexity index is 1320. The van der Waals surface area contributed by atoms with Crippen LogP contribution >= 0.6 is 23.6 Å². The van der Waals surface area contributed by atoms with Crippen molar-refractivity contribution in [2.75, 3.05) is 5.32 Å². The van der Waals surface area contributed by atoms with E-state index in [1.165, 1.54) is 11.3 Å². The molecule has 4 aromatic rings. The Hall–Kier alpha value is -3.17. The van der Waals surface area contributed by atoms with Crippen LogP contribution in [0.2, 0.25) is 0 Å². The van der Waals surface area contributed by atoms with Gasteiger partial charge in [-0.3, -0.25) is 24.8 Å². The van der Waals surface area contributed by atoms with Gasteiger partial charge in [0.1, 0.15) is 5.82 Å². The number of H-pyrrole nitrogens is 1. The number of hydrogen-bond donors (Lipinski definition) is 2. The lowest BCUT2D eigenvalue weighted by Crippen LogP contribution is -2.14. The number of thiazole rings is 1. The molecule has 0 saturated heterocycles. The number of fused-ring (bicyclic) bond motifs is 1. The van der Waals surface area contributed by atoms with Gasteiger partial charge in [-0.1, -0.05) is 17.7 Å². The largest absolute Gasteiger partial charge is 0.300 e. The summed E-state index contributed by atoms with van der Waals surface area (Å²) in [7, 11) is 0. The van der Waals surface area contributed by atoms with Gasteiger partial charge >= 0.3 is 0 Å². The fourth-order valence-electron chi connectivity index (χ4n) is 3.20. The van der Waals surface area contributed by atoms with Gasteiger partial charge in [-0.05, 0) is 44.3 Å². The molecule has 2 N–H and O–H groups in total. The fraction of sp³-hybridized carbons (Fsp3) is 0.190. The van der Waals surface area contributed by atoms with Crippen LogP contribution in [-0.2, 0) is 13.0 Å². The van der Waals surface area contributed by atoms with E-state index in [0.717, 1.165) is 28.0 Å². The molecule has 1 amide bonds. The summed E-state index contributed by atoms with van der Waals surface area (Å²) in [6.45, 7) is 8.18. The lowest BCUT2D eigenvalue weighted by atomic mass is 10.1. The lowest BCUT2D eigenvalue weighted by Gasteiger charge is -2.07. The van der Waals surface area contributed by atoms with Crippen molar-refractivity contribution in [3.05, 3.63) is 75.4 Å².